The number of rotatable bonds is 7. The zero-order chi connectivity index (χ0) is 24.3. The third-order valence-corrected chi connectivity index (χ3v) is 34.0. The summed E-state index contributed by atoms with van der Waals surface area (Å²) in [5.74, 6) is 0. The molecule has 178 valence electrons. The Kier molecular flexibility index (Phi) is 8.37. The van der Waals surface area contributed by atoms with Crippen LogP contribution in [-0.4, -0.2) is 55.8 Å². The van der Waals surface area contributed by atoms with E-state index in [1.807, 2.05) is 5.20 Å². The van der Waals surface area contributed by atoms with E-state index in [0.29, 0.717) is 0 Å². The highest BCUT2D eigenvalue weighted by Crippen LogP contribution is 2.67. The predicted octanol–water partition coefficient (Wildman–Crippen LogP) is 8.94. The Labute approximate surface area is 197 Å². The van der Waals surface area contributed by atoms with Gasteiger partial charge in [-0.3, -0.25) is 0 Å². The second-order valence-corrected chi connectivity index (χ2v) is 47.5. The van der Waals surface area contributed by atoms with Crippen LogP contribution in [0.1, 0.15) is 0 Å². The van der Waals surface area contributed by atoms with Gasteiger partial charge in [0.25, 0.3) is 0 Å². The van der Waals surface area contributed by atoms with Gasteiger partial charge in [-0.25, -0.2) is 0 Å². The van der Waals surface area contributed by atoms with Crippen LogP contribution < -0.4 is 0 Å². The van der Waals surface area contributed by atoms with Crippen LogP contribution in [0.5, 0.6) is 0 Å². The van der Waals surface area contributed by atoms with Crippen LogP contribution in [0.25, 0.3) is 0 Å². The van der Waals surface area contributed by atoms with E-state index in [1.54, 1.807) is 0 Å². The lowest BCUT2D eigenvalue weighted by Crippen LogP contribution is -2.51. The highest BCUT2D eigenvalue weighted by atomic mass is 28.4. The van der Waals surface area contributed by atoms with Gasteiger partial charge in [-0.2, -0.15) is 0 Å². The van der Waals surface area contributed by atoms with Gasteiger partial charge in [0.15, 0.2) is 0 Å². The molecular weight excluding hydrogens is 461 g/mol. The summed E-state index contributed by atoms with van der Waals surface area (Å²) in [6, 6.07) is 0. The summed E-state index contributed by atoms with van der Waals surface area (Å²) in [5.41, 5.74) is 1.73. The molecule has 0 amide bonds. The minimum absolute atomic E-state index is 0.827. The standard InChI is InChI=1S/C23H56OSi6/c1-24-30(17)19(18-20(25(2,3)4)26(5,6)7)21(27(8,9)10)22(28(11,12)13)23(30)29(14,15)16/h18,20-23H,1-17H3/b19-18+/t21-,22+,23+,30-/m0/s1. The molecule has 4 atom stereocenters. The van der Waals surface area contributed by atoms with E-state index >= 15 is 0 Å². The van der Waals surface area contributed by atoms with Crippen molar-refractivity contribution in [2.24, 2.45) is 0 Å². The lowest BCUT2D eigenvalue weighted by molar-refractivity contribution is 0.405. The quantitative estimate of drug-likeness (QED) is 0.307. The first-order chi connectivity index (χ1) is 12.9. The number of hydrogen-bond acceptors (Lipinski definition) is 1. The summed E-state index contributed by atoms with van der Waals surface area (Å²) in [5, 5.41) is 3.58. The highest BCUT2D eigenvalue weighted by molar-refractivity contribution is 7.04. The molecule has 1 heterocycles. The van der Waals surface area contributed by atoms with Crippen molar-refractivity contribution >= 4 is 48.7 Å². The van der Waals surface area contributed by atoms with Crippen LogP contribution in [0.4, 0.5) is 0 Å². The van der Waals surface area contributed by atoms with Crippen molar-refractivity contribution in [1.82, 2.24) is 0 Å². The molecule has 0 aliphatic carbocycles. The molecule has 0 unspecified atom stereocenters. The second kappa shape index (κ2) is 8.65. The van der Waals surface area contributed by atoms with E-state index in [4.69, 9.17) is 4.43 Å². The summed E-state index contributed by atoms with van der Waals surface area (Å²) in [4.78, 5) is 0. The van der Waals surface area contributed by atoms with Crippen LogP contribution in [0.2, 0.25) is 126 Å². The Balaban J connectivity index is 4.05. The highest BCUT2D eigenvalue weighted by Gasteiger charge is 2.65. The van der Waals surface area contributed by atoms with Crippen LogP contribution in [-0.2, 0) is 4.43 Å². The zero-order valence-electron chi connectivity index (χ0n) is 23.8. The molecule has 0 aromatic heterocycles. The van der Waals surface area contributed by atoms with Crippen molar-refractivity contribution in [1.29, 1.82) is 0 Å². The van der Waals surface area contributed by atoms with Gasteiger partial charge in [0.2, 0.25) is 8.32 Å². The Hall–Kier alpha value is 1.00. The van der Waals surface area contributed by atoms with E-state index < -0.39 is 48.7 Å². The topological polar surface area (TPSA) is 9.23 Å². The molecule has 0 bridgehead atoms. The molecule has 7 heteroatoms. The lowest BCUT2D eigenvalue weighted by Gasteiger charge is -2.45. The van der Waals surface area contributed by atoms with Gasteiger partial charge in [0.05, 0.1) is 8.07 Å². The molecule has 1 nitrogen and oxygen atoms in total. The molecule has 1 rings (SSSR count). The maximum absolute atomic E-state index is 6.81. The molecule has 0 aromatic carbocycles. The summed E-state index contributed by atoms with van der Waals surface area (Å²) >= 11 is 0. The summed E-state index contributed by atoms with van der Waals surface area (Å²) in [7, 11) is -6.63. The van der Waals surface area contributed by atoms with E-state index in [2.05, 4.69) is 118 Å². The Morgan fingerprint density at radius 1 is 0.700 bits per heavy atom. The van der Waals surface area contributed by atoms with Crippen LogP contribution in [0.15, 0.2) is 11.3 Å². The van der Waals surface area contributed by atoms with E-state index in [9.17, 15) is 0 Å². The monoisotopic (exact) mass is 516 g/mol. The summed E-state index contributed by atoms with van der Waals surface area (Å²) in [6.07, 6.45) is 2.93. The fourth-order valence-electron chi connectivity index (χ4n) is 7.08. The number of allylic oxidation sites excluding steroid dienone is 2. The van der Waals surface area contributed by atoms with E-state index in [-0.39, 0.29) is 0 Å². The van der Waals surface area contributed by atoms with Crippen molar-refractivity contribution in [3.8, 4) is 0 Å². The molecule has 1 aliphatic heterocycles. The third-order valence-electron chi connectivity index (χ3n) is 7.72. The predicted molar refractivity (Wildman–Crippen MR) is 158 cm³/mol. The van der Waals surface area contributed by atoms with Crippen LogP contribution in [0.3, 0.4) is 0 Å². The van der Waals surface area contributed by atoms with Crippen molar-refractivity contribution in [2.75, 3.05) is 7.11 Å². The molecule has 30 heavy (non-hydrogen) atoms. The van der Waals surface area contributed by atoms with Crippen molar-refractivity contribution in [3.63, 3.8) is 0 Å². The molecule has 1 saturated heterocycles. The van der Waals surface area contributed by atoms with Crippen molar-refractivity contribution in [3.05, 3.63) is 11.3 Å². The number of hydrogen-bond donors (Lipinski definition) is 0. The maximum Gasteiger partial charge on any atom is 0.216 e. The molecule has 0 saturated carbocycles. The molecule has 0 radical (unpaired) electrons. The lowest BCUT2D eigenvalue weighted by atomic mass is 10.3. The average Bonchev–Trinajstić information content (AvgIpc) is 2.71. The smallest absolute Gasteiger partial charge is 0.216 e. The molecular formula is C23H56OSi6. The Morgan fingerprint density at radius 2 is 1.10 bits per heavy atom. The molecule has 1 fully saturated rings. The van der Waals surface area contributed by atoms with Gasteiger partial charge in [-0.1, -0.05) is 109 Å². The molecule has 1 aliphatic rings. The van der Waals surface area contributed by atoms with Gasteiger partial charge >= 0.3 is 0 Å². The SMILES string of the molecule is CO[Si@@]1(C)/C(=C/C([Si](C)(C)C)[Si](C)(C)C)[C@H]([Si](C)(C)C)[C@@H]([Si](C)(C)C)[C@@H]1[Si](C)(C)C. The van der Waals surface area contributed by atoms with Crippen molar-refractivity contribution < 1.29 is 4.43 Å². The fraction of sp³-hybridized carbons (Fsp3) is 0.913. The van der Waals surface area contributed by atoms with Gasteiger partial charge in [0, 0.05) is 39.4 Å². The first kappa shape index (κ1) is 29.0. The van der Waals surface area contributed by atoms with Crippen molar-refractivity contribution in [2.45, 2.75) is 126 Å². The minimum Gasteiger partial charge on any atom is -0.416 e. The zero-order valence-corrected chi connectivity index (χ0v) is 29.8. The van der Waals surface area contributed by atoms with E-state index in [0.717, 1.165) is 21.4 Å². The first-order valence-corrected chi connectivity index (χ1v) is 32.5. The normalized spacial score (nSPS) is 31.1. The van der Waals surface area contributed by atoms with Gasteiger partial charge in [-0.05, 0) is 28.0 Å². The molecule has 0 spiro atoms. The van der Waals surface area contributed by atoms with Crippen LogP contribution >= 0.6 is 0 Å². The summed E-state index contributed by atoms with van der Waals surface area (Å²) < 4.78 is 6.81. The Bertz CT molecular complexity index is 625. The van der Waals surface area contributed by atoms with Gasteiger partial charge in [0.1, 0.15) is 0 Å². The van der Waals surface area contributed by atoms with Gasteiger partial charge in [-0.15, -0.1) is 0 Å². The molecule has 0 N–H and O–H groups in total. The minimum atomic E-state index is -1.98. The second-order valence-electron chi connectivity index (χ2n) is 15.7. The summed E-state index contributed by atoms with van der Waals surface area (Å²) in [6.45, 7) is 42.2. The largest absolute Gasteiger partial charge is 0.416 e. The average molecular weight is 517 g/mol. The van der Waals surface area contributed by atoms with E-state index in [1.165, 1.54) is 0 Å². The van der Waals surface area contributed by atoms with Crippen LogP contribution in [0, 0.1) is 0 Å². The van der Waals surface area contributed by atoms with Gasteiger partial charge < -0.3 is 4.43 Å². The Morgan fingerprint density at radius 3 is 1.33 bits per heavy atom. The third kappa shape index (κ3) is 5.92. The first-order valence-electron chi connectivity index (χ1n) is 12.2. The maximum atomic E-state index is 6.81. The molecule has 0 aromatic rings. The fourth-order valence-corrected chi connectivity index (χ4v) is 46.6.